The Morgan fingerprint density at radius 2 is 2.09 bits per heavy atom. The highest BCUT2D eigenvalue weighted by molar-refractivity contribution is 7.14. The Morgan fingerprint density at radius 1 is 1.27 bits per heavy atom. The van der Waals surface area contributed by atoms with Gasteiger partial charge in [0, 0.05) is 18.1 Å². The number of nitrogens with zero attached hydrogens (tertiary/aromatic N) is 3. The Morgan fingerprint density at radius 3 is 2.73 bits per heavy atom. The smallest absolute Gasteiger partial charge is 0.205 e. The van der Waals surface area contributed by atoms with Crippen LogP contribution in [0.3, 0.4) is 0 Å². The first-order chi connectivity index (χ1) is 10.8. The van der Waals surface area contributed by atoms with Gasteiger partial charge in [-0.05, 0) is 43.0 Å². The molecule has 1 aliphatic rings. The fraction of sp³-hybridized carbons (Fsp3) is 0.529. The summed E-state index contributed by atoms with van der Waals surface area (Å²) in [5.74, 6) is 0.906. The molecular formula is C17H23N3S2. The average molecular weight is 334 g/mol. The van der Waals surface area contributed by atoms with Gasteiger partial charge in [0.05, 0.1) is 10.6 Å². The van der Waals surface area contributed by atoms with Crippen LogP contribution in [0.4, 0.5) is 0 Å². The van der Waals surface area contributed by atoms with Gasteiger partial charge in [-0.15, -0.1) is 22.7 Å². The first-order valence-corrected chi connectivity index (χ1v) is 9.81. The molecule has 0 saturated heterocycles. The summed E-state index contributed by atoms with van der Waals surface area (Å²) in [4.78, 5) is 6.63. The van der Waals surface area contributed by atoms with Gasteiger partial charge in [0.25, 0.3) is 0 Å². The van der Waals surface area contributed by atoms with Crippen LogP contribution < -0.4 is 4.80 Å². The molecule has 0 atom stereocenters. The third-order valence-electron chi connectivity index (χ3n) is 4.27. The average Bonchev–Trinajstić information content (AvgIpc) is 3.18. The summed E-state index contributed by atoms with van der Waals surface area (Å²) < 4.78 is 2.05. The van der Waals surface area contributed by atoms with E-state index in [1.807, 2.05) is 11.7 Å². The van der Waals surface area contributed by atoms with Gasteiger partial charge in [-0.3, -0.25) is 4.99 Å². The van der Waals surface area contributed by atoms with Crippen molar-refractivity contribution in [1.29, 1.82) is 0 Å². The normalized spacial score (nSPS) is 19.6. The van der Waals surface area contributed by atoms with Gasteiger partial charge in [0.2, 0.25) is 4.80 Å². The molecule has 1 aliphatic carbocycles. The van der Waals surface area contributed by atoms with E-state index in [2.05, 4.69) is 34.8 Å². The molecule has 2 aromatic rings. The molecule has 2 heterocycles. The Kier molecular flexibility index (Phi) is 5.26. The quantitative estimate of drug-likeness (QED) is 0.753. The molecule has 0 N–H and O–H groups in total. The summed E-state index contributed by atoms with van der Waals surface area (Å²) in [6.45, 7) is 2.28. The lowest BCUT2D eigenvalue weighted by Crippen LogP contribution is -2.18. The number of rotatable bonds is 4. The van der Waals surface area contributed by atoms with E-state index in [0.29, 0.717) is 0 Å². The van der Waals surface area contributed by atoms with E-state index in [1.165, 1.54) is 42.0 Å². The molecule has 3 nitrogen and oxygen atoms in total. The topological polar surface area (TPSA) is 29.6 Å². The zero-order valence-corrected chi connectivity index (χ0v) is 14.9. The number of aromatic nitrogens is 1. The van der Waals surface area contributed by atoms with E-state index >= 15 is 0 Å². The predicted molar refractivity (Wildman–Crippen MR) is 96.8 cm³/mol. The van der Waals surface area contributed by atoms with E-state index in [4.69, 9.17) is 5.10 Å². The van der Waals surface area contributed by atoms with E-state index < -0.39 is 0 Å². The maximum absolute atomic E-state index is 4.96. The minimum absolute atomic E-state index is 0.906. The highest BCUT2D eigenvalue weighted by atomic mass is 32.1. The molecule has 1 fully saturated rings. The summed E-state index contributed by atoms with van der Waals surface area (Å²) in [6.07, 6.45) is 7.54. The Hall–Kier alpha value is -1.20. The molecule has 0 radical (unpaired) electrons. The molecule has 0 spiro atoms. The van der Waals surface area contributed by atoms with Crippen LogP contribution in [-0.4, -0.2) is 17.4 Å². The SMILES string of the molecule is CCCC1CCC(=Nn2c(-c3cccs3)csc2=NC)CC1. The van der Waals surface area contributed by atoms with Crippen molar-refractivity contribution in [3.05, 3.63) is 27.7 Å². The second kappa shape index (κ2) is 7.38. The molecular weight excluding hydrogens is 310 g/mol. The van der Waals surface area contributed by atoms with Crippen molar-refractivity contribution < 1.29 is 0 Å². The molecule has 3 rings (SSSR count). The second-order valence-corrected chi connectivity index (χ2v) is 7.60. The Bertz CT molecular complexity index is 682. The van der Waals surface area contributed by atoms with Crippen molar-refractivity contribution in [2.75, 3.05) is 7.05 Å². The Labute approximate surface area is 140 Å². The third-order valence-corrected chi connectivity index (χ3v) is 6.07. The molecule has 0 aromatic carbocycles. The number of thiophene rings is 1. The standard InChI is InChI=1S/C17H23N3S2/c1-3-5-13-7-9-14(10-8-13)19-20-15(12-22-17(20)18-2)16-6-4-11-21-16/h4,6,11-13H,3,5,7-10H2,1-2H3. The van der Waals surface area contributed by atoms with Gasteiger partial charge in [-0.25, -0.2) is 4.68 Å². The van der Waals surface area contributed by atoms with Crippen molar-refractivity contribution in [2.24, 2.45) is 16.0 Å². The molecule has 0 unspecified atom stereocenters. The second-order valence-electron chi connectivity index (χ2n) is 5.81. The summed E-state index contributed by atoms with van der Waals surface area (Å²) in [6, 6.07) is 4.24. The molecule has 2 aromatic heterocycles. The fourth-order valence-corrected chi connectivity index (χ4v) is 4.68. The van der Waals surface area contributed by atoms with Crippen LogP contribution >= 0.6 is 22.7 Å². The molecule has 5 heteroatoms. The summed E-state index contributed by atoms with van der Waals surface area (Å²) in [5.41, 5.74) is 2.50. The maximum atomic E-state index is 4.96. The van der Waals surface area contributed by atoms with Crippen LogP contribution in [0.15, 0.2) is 33.0 Å². The van der Waals surface area contributed by atoms with Crippen molar-refractivity contribution in [3.8, 4) is 10.6 Å². The summed E-state index contributed by atoms with van der Waals surface area (Å²) in [7, 11) is 1.85. The van der Waals surface area contributed by atoms with Gasteiger partial charge in [0.1, 0.15) is 0 Å². The van der Waals surface area contributed by atoms with Crippen molar-refractivity contribution in [1.82, 2.24) is 4.68 Å². The lowest BCUT2D eigenvalue weighted by molar-refractivity contribution is 0.407. The largest absolute Gasteiger partial charge is 0.261 e. The van der Waals surface area contributed by atoms with Crippen LogP contribution in [-0.2, 0) is 0 Å². The highest BCUT2D eigenvalue weighted by Gasteiger charge is 2.18. The van der Waals surface area contributed by atoms with Crippen molar-refractivity contribution in [3.63, 3.8) is 0 Å². The van der Waals surface area contributed by atoms with E-state index in [-0.39, 0.29) is 0 Å². The van der Waals surface area contributed by atoms with E-state index in [9.17, 15) is 0 Å². The zero-order chi connectivity index (χ0) is 15.4. The molecule has 118 valence electrons. The first-order valence-electron chi connectivity index (χ1n) is 8.05. The molecule has 0 aliphatic heterocycles. The maximum Gasteiger partial charge on any atom is 0.205 e. The molecule has 22 heavy (non-hydrogen) atoms. The van der Waals surface area contributed by atoms with Crippen molar-refractivity contribution >= 4 is 28.4 Å². The van der Waals surface area contributed by atoms with Gasteiger partial charge < -0.3 is 0 Å². The Balaban J connectivity index is 1.86. The number of hydrogen-bond acceptors (Lipinski definition) is 4. The van der Waals surface area contributed by atoms with Gasteiger partial charge in [-0.2, -0.15) is 5.10 Å². The van der Waals surface area contributed by atoms with E-state index in [1.54, 1.807) is 22.7 Å². The van der Waals surface area contributed by atoms with Crippen LogP contribution in [0.5, 0.6) is 0 Å². The number of thiazole rings is 1. The van der Waals surface area contributed by atoms with Crippen LogP contribution in [0, 0.1) is 5.92 Å². The molecule has 0 amide bonds. The van der Waals surface area contributed by atoms with E-state index in [0.717, 1.165) is 23.6 Å². The fourth-order valence-electron chi connectivity index (χ4n) is 3.09. The summed E-state index contributed by atoms with van der Waals surface area (Å²) in [5, 5.41) is 9.24. The minimum Gasteiger partial charge on any atom is -0.261 e. The third kappa shape index (κ3) is 3.41. The van der Waals surface area contributed by atoms with Crippen LogP contribution in [0.2, 0.25) is 0 Å². The van der Waals surface area contributed by atoms with Gasteiger partial charge in [0.15, 0.2) is 0 Å². The first kappa shape index (κ1) is 15.7. The lowest BCUT2D eigenvalue weighted by atomic mass is 9.85. The van der Waals surface area contributed by atoms with Crippen LogP contribution in [0.25, 0.3) is 10.6 Å². The predicted octanol–water partition coefficient (Wildman–Crippen LogP) is 5.00. The number of hydrogen-bond donors (Lipinski definition) is 0. The van der Waals surface area contributed by atoms with Gasteiger partial charge >= 0.3 is 0 Å². The van der Waals surface area contributed by atoms with Crippen molar-refractivity contribution in [2.45, 2.75) is 45.4 Å². The molecule has 1 saturated carbocycles. The summed E-state index contributed by atoms with van der Waals surface area (Å²) >= 11 is 3.43. The monoisotopic (exact) mass is 333 g/mol. The van der Waals surface area contributed by atoms with Crippen LogP contribution in [0.1, 0.15) is 45.4 Å². The lowest BCUT2D eigenvalue weighted by Gasteiger charge is -2.22. The zero-order valence-electron chi connectivity index (χ0n) is 13.3. The molecule has 0 bridgehead atoms. The minimum atomic E-state index is 0.906. The highest BCUT2D eigenvalue weighted by Crippen LogP contribution is 2.28. The van der Waals surface area contributed by atoms with Gasteiger partial charge in [-0.1, -0.05) is 25.8 Å².